The van der Waals surface area contributed by atoms with E-state index in [2.05, 4.69) is 0 Å². The van der Waals surface area contributed by atoms with Crippen LogP contribution in [0.25, 0.3) is 0 Å². The highest BCUT2D eigenvalue weighted by Gasteiger charge is 2.41. The molecule has 0 aliphatic heterocycles. The minimum Gasteiger partial charge on any atom is -0.493 e. The largest absolute Gasteiger partial charge is 0.493 e. The second-order valence-electron chi connectivity index (χ2n) is 9.12. The summed E-state index contributed by atoms with van der Waals surface area (Å²) in [7, 11) is -0.871. The van der Waals surface area contributed by atoms with Crippen LogP contribution >= 0.6 is 34.5 Å². The summed E-state index contributed by atoms with van der Waals surface area (Å²) in [5.74, 6) is 0.967. The number of carbonyl (C=O) groups is 1. The van der Waals surface area contributed by atoms with Crippen LogP contribution in [0.2, 0.25) is 10.0 Å². The van der Waals surface area contributed by atoms with Crippen LogP contribution in [0.1, 0.15) is 28.2 Å². The summed E-state index contributed by atoms with van der Waals surface area (Å²) in [5, 5.41) is 0.339. The highest BCUT2D eigenvalue weighted by molar-refractivity contribution is 7.89. The Labute approximate surface area is 237 Å². The van der Waals surface area contributed by atoms with E-state index in [0.717, 1.165) is 15.3 Å². The standard InChI is InChI=1S/C27H30Cl2N2O5S2/c1-18-4-9-22(37-18)16-30(13-12-19-5-11-24(35-2)25(14-19)36-3)27(32)17-31(21-7-8-21)38(33,34)26-15-20(28)6-10-23(26)29/h4-6,9-11,14-15,21H,7-8,12-13,16-17H2,1-3H3. The average molecular weight is 598 g/mol. The molecule has 3 aromatic rings. The summed E-state index contributed by atoms with van der Waals surface area (Å²) < 4.78 is 39.2. The Morgan fingerprint density at radius 3 is 2.39 bits per heavy atom. The highest BCUT2D eigenvalue weighted by atomic mass is 35.5. The third-order valence-corrected chi connectivity index (χ3v) is 9.94. The molecule has 1 aromatic heterocycles. The van der Waals surface area contributed by atoms with E-state index >= 15 is 0 Å². The lowest BCUT2D eigenvalue weighted by atomic mass is 10.1. The van der Waals surface area contributed by atoms with Crippen LogP contribution in [0, 0.1) is 6.92 Å². The smallest absolute Gasteiger partial charge is 0.245 e. The maximum absolute atomic E-state index is 13.7. The predicted molar refractivity (Wildman–Crippen MR) is 151 cm³/mol. The Bertz CT molecular complexity index is 1410. The molecule has 1 aliphatic carbocycles. The molecule has 38 heavy (non-hydrogen) atoms. The molecule has 0 unspecified atom stereocenters. The van der Waals surface area contributed by atoms with Crippen LogP contribution in [-0.2, 0) is 27.8 Å². The first-order chi connectivity index (χ1) is 18.1. The molecule has 2 aromatic carbocycles. The minimum atomic E-state index is -4.03. The molecule has 7 nitrogen and oxygen atoms in total. The summed E-state index contributed by atoms with van der Waals surface area (Å²) in [4.78, 5) is 17.5. The van der Waals surface area contributed by atoms with Crippen LogP contribution in [0.15, 0.2) is 53.4 Å². The highest BCUT2D eigenvalue weighted by Crippen LogP contribution is 2.35. The van der Waals surface area contributed by atoms with Gasteiger partial charge < -0.3 is 14.4 Å². The van der Waals surface area contributed by atoms with Gasteiger partial charge in [-0.05, 0) is 74.2 Å². The van der Waals surface area contributed by atoms with Gasteiger partial charge in [0.2, 0.25) is 15.9 Å². The molecule has 204 valence electrons. The minimum absolute atomic E-state index is 0.0758. The van der Waals surface area contributed by atoms with Crippen LogP contribution in [0.5, 0.6) is 11.5 Å². The number of methoxy groups -OCH3 is 2. The van der Waals surface area contributed by atoms with Gasteiger partial charge in [0.15, 0.2) is 11.5 Å². The van der Waals surface area contributed by atoms with E-state index in [1.54, 1.807) is 30.5 Å². The fraction of sp³-hybridized carbons (Fsp3) is 0.370. The van der Waals surface area contributed by atoms with Gasteiger partial charge in [-0.2, -0.15) is 4.31 Å². The summed E-state index contributed by atoms with van der Waals surface area (Å²) in [5.41, 5.74) is 0.972. The summed E-state index contributed by atoms with van der Waals surface area (Å²) in [6.07, 6.45) is 1.95. The molecular formula is C27H30Cl2N2O5S2. The topological polar surface area (TPSA) is 76.2 Å². The molecule has 1 fully saturated rings. The lowest BCUT2D eigenvalue weighted by Gasteiger charge is -2.27. The second kappa shape index (κ2) is 12.3. The molecule has 11 heteroatoms. The van der Waals surface area contributed by atoms with E-state index in [1.807, 2.05) is 37.3 Å². The third-order valence-electron chi connectivity index (χ3n) is 6.34. The lowest BCUT2D eigenvalue weighted by Crippen LogP contribution is -2.44. The first kappa shape index (κ1) is 28.7. The third kappa shape index (κ3) is 6.82. The number of sulfonamides is 1. The van der Waals surface area contributed by atoms with E-state index < -0.39 is 10.0 Å². The molecule has 0 spiro atoms. The van der Waals surface area contributed by atoms with Gasteiger partial charge in [-0.15, -0.1) is 11.3 Å². The number of benzene rings is 2. The lowest BCUT2D eigenvalue weighted by molar-refractivity contribution is -0.132. The van der Waals surface area contributed by atoms with Crippen molar-refractivity contribution < 1.29 is 22.7 Å². The van der Waals surface area contributed by atoms with Gasteiger partial charge in [0, 0.05) is 27.4 Å². The van der Waals surface area contributed by atoms with Crippen molar-refractivity contribution in [2.45, 2.75) is 43.7 Å². The van der Waals surface area contributed by atoms with Gasteiger partial charge in [0.05, 0.1) is 32.3 Å². The molecule has 1 saturated carbocycles. The van der Waals surface area contributed by atoms with Crippen LogP contribution < -0.4 is 9.47 Å². The van der Waals surface area contributed by atoms with Gasteiger partial charge in [-0.1, -0.05) is 29.3 Å². The van der Waals surface area contributed by atoms with E-state index in [4.69, 9.17) is 32.7 Å². The fourth-order valence-corrected chi connectivity index (χ4v) is 7.44. The molecule has 0 saturated heterocycles. The molecule has 0 bridgehead atoms. The van der Waals surface area contributed by atoms with E-state index in [9.17, 15) is 13.2 Å². The molecule has 1 heterocycles. The number of halogens is 2. The number of nitrogens with zero attached hydrogens (tertiary/aromatic N) is 2. The molecule has 0 atom stereocenters. The Hall–Kier alpha value is -2.30. The van der Waals surface area contributed by atoms with Crippen molar-refractivity contribution >= 4 is 50.5 Å². The van der Waals surface area contributed by atoms with Crippen molar-refractivity contribution in [3.05, 3.63) is 73.9 Å². The number of amides is 1. The summed E-state index contributed by atoms with van der Waals surface area (Å²) >= 11 is 13.9. The van der Waals surface area contributed by atoms with Crippen molar-refractivity contribution in [1.29, 1.82) is 0 Å². The van der Waals surface area contributed by atoms with Crippen LogP contribution in [0.3, 0.4) is 0 Å². The van der Waals surface area contributed by atoms with Crippen molar-refractivity contribution in [3.63, 3.8) is 0 Å². The van der Waals surface area contributed by atoms with Crippen LogP contribution in [0.4, 0.5) is 0 Å². The molecule has 4 rings (SSSR count). The molecule has 0 radical (unpaired) electrons. The molecular weight excluding hydrogens is 567 g/mol. The van der Waals surface area contributed by atoms with Gasteiger partial charge in [0.25, 0.3) is 0 Å². The normalized spacial score (nSPS) is 13.5. The van der Waals surface area contributed by atoms with Crippen LogP contribution in [-0.4, -0.2) is 56.9 Å². The van der Waals surface area contributed by atoms with Crippen molar-refractivity contribution in [2.24, 2.45) is 0 Å². The molecule has 0 N–H and O–H groups in total. The second-order valence-corrected chi connectivity index (χ2v) is 13.2. The number of aryl methyl sites for hydroxylation is 1. The average Bonchev–Trinajstić information content (AvgIpc) is 3.66. The van der Waals surface area contributed by atoms with E-state index in [-0.39, 0.29) is 33.4 Å². The number of hydrogen-bond acceptors (Lipinski definition) is 6. The zero-order valence-corrected chi connectivity index (χ0v) is 24.6. The Balaban J connectivity index is 1.57. The zero-order valence-electron chi connectivity index (χ0n) is 21.4. The number of rotatable bonds is 12. The zero-order chi connectivity index (χ0) is 27.4. The number of thiophene rings is 1. The summed E-state index contributed by atoms with van der Waals surface area (Å²) in [6, 6.07) is 13.8. The number of ether oxygens (including phenoxy) is 2. The van der Waals surface area contributed by atoms with Crippen molar-refractivity contribution in [3.8, 4) is 11.5 Å². The number of carbonyl (C=O) groups excluding carboxylic acids is 1. The maximum atomic E-state index is 13.7. The first-order valence-corrected chi connectivity index (χ1v) is 15.1. The van der Waals surface area contributed by atoms with Gasteiger partial charge in [0.1, 0.15) is 4.90 Å². The van der Waals surface area contributed by atoms with E-state index in [1.165, 1.54) is 22.5 Å². The van der Waals surface area contributed by atoms with Crippen molar-refractivity contribution in [1.82, 2.24) is 9.21 Å². The Morgan fingerprint density at radius 1 is 1.03 bits per heavy atom. The van der Waals surface area contributed by atoms with Gasteiger partial charge >= 0.3 is 0 Å². The SMILES string of the molecule is COc1ccc(CCN(Cc2ccc(C)s2)C(=O)CN(C2CC2)S(=O)(=O)c2cc(Cl)ccc2Cl)cc1OC. The van der Waals surface area contributed by atoms with Crippen molar-refractivity contribution in [2.75, 3.05) is 27.3 Å². The fourth-order valence-electron chi connectivity index (χ4n) is 4.16. The Morgan fingerprint density at radius 2 is 1.76 bits per heavy atom. The predicted octanol–water partition coefficient (Wildman–Crippen LogP) is 5.81. The van der Waals surface area contributed by atoms with Gasteiger partial charge in [-0.3, -0.25) is 4.79 Å². The molecule has 1 amide bonds. The molecule has 1 aliphatic rings. The van der Waals surface area contributed by atoms with E-state index in [0.29, 0.717) is 43.9 Å². The monoisotopic (exact) mass is 596 g/mol. The summed E-state index contributed by atoms with van der Waals surface area (Å²) in [6.45, 7) is 2.54. The maximum Gasteiger partial charge on any atom is 0.245 e. The van der Waals surface area contributed by atoms with Gasteiger partial charge in [-0.25, -0.2) is 8.42 Å². The Kier molecular flexibility index (Phi) is 9.26. The first-order valence-electron chi connectivity index (χ1n) is 12.1. The number of hydrogen-bond donors (Lipinski definition) is 0. The quantitative estimate of drug-likeness (QED) is 0.264.